The second-order valence-corrected chi connectivity index (χ2v) is 7.70. The standard InChI is InChI=1S/C21H24ClN3O7/c1-4-31-20(28)18-11(2)23-21(29)24-14(18)10-32-19(27)12-7-17(26)25(9-12)15-8-13(22)5-6-16(15)30-3/h5-6,8,11-12H,4,7,9-10H2,1-3H3,(H2,23,24,29). The molecule has 0 radical (unpaired) electrons. The maximum Gasteiger partial charge on any atom is 0.338 e. The van der Waals surface area contributed by atoms with E-state index in [-0.39, 0.29) is 43.4 Å². The molecule has 1 aromatic rings. The van der Waals surface area contributed by atoms with Crippen LogP contribution in [0.4, 0.5) is 10.5 Å². The molecule has 2 aliphatic rings. The van der Waals surface area contributed by atoms with Crippen LogP contribution >= 0.6 is 11.6 Å². The van der Waals surface area contributed by atoms with Crippen molar-refractivity contribution >= 4 is 41.2 Å². The Morgan fingerprint density at radius 1 is 1.25 bits per heavy atom. The molecule has 32 heavy (non-hydrogen) atoms. The Labute approximate surface area is 189 Å². The van der Waals surface area contributed by atoms with E-state index >= 15 is 0 Å². The molecule has 2 N–H and O–H groups in total. The monoisotopic (exact) mass is 465 g/mol. The van der Waals surface area contributed by atoms with E-state index in [2.05, 4.69) is 10.6 Å². The van der Waals surface area contributed by atoms with Crippen molar-refractivity contribution in [2.45, 2.75) is 26.3 Å². The van der Waals surface area contributed by atoms with Crippen LogP contribution < -0.4 is 20.3 Å². The van der Waals surface area contributed by atoms with Gasteiger partial charge in [-0.1, -0.05) is 11.6 Å². The number of amides is 3. The molecule has 1 aromatic carbocycles. The van der Waals surface area contributed by atoms with Gasteiger partial charge in [-0.15, -0.1) is 0 Å². The molecule has 0 spiro atoms. The summed E-state index contributed by atoms with van der Waals surface area (Å²) in [5.74, 6) is -1.80. The number of methoxy groups -OCH3 is 1. The first-order chi connectivity index (χ1) is 15.2. The van der Waals surface area contributed by atoms with E-state index in [0.717, 1.165) is 0 Å². The number of hydrogen-bond acceptors (Lipinski definition) is 7. The lowest BCUT2D eigenvalue weighted by Gasteiger charge is -2.26. The molecule has 1 fully saturated rings. The molecule has 3 amide bonds. The number of benzene rings is 1. The fourth-order valence-electron chi connectivity index (χ4n) is 3.63. The summed E-state index contributed by atoms with van der Waals surface area (Å²) in [6.45, 7) is 3.19. The van der Waals surface area contributed by atoms with Crippen LogP contribution in [-0.2, 0) is 23.9 Å². The molecule has 0 saturated carbocycles. The van der Waals surface area contributed by atoms with Gasteiger partial charge >= 0.3 is 18.0 Å². The van der Waals surface area contributed by atoms with Crippen molar-refractivity contribution in [3.63, 3.8) is 0 Å². The summed E-state index contributed by atoms with van der Waals surface area (Å²) in [7, 11) is 1.47. The average molecular weight is 466 g/mol. The highest BCUT2D eigenvalue weighted by Gasteiger charge is 2.38. The minimum absolute atomic E-state index is 0.0530. The van der Waals surface area contributed by atoms with E-state index in [4.69, 9.17) is 25.8 Å². The van der Waals surface area contributed by atoms with E-state index in [1.807, 2.05) is 0 Å². The number of esters is 2. The first-order valence-electron chi connectivity index (χ1n) is 10.0. The summed E-state index contributed by atoms with van der Waals surface area (Å²) >= 11 is 6.05. The van der Waals surface area contributed by atoms with Crippen molar-refractivity contribution < 1.29 is 33.4 Å². The molecule has 0 aromatic heterocycles. The van der Waals surface area contributed by atoms with Gasteiger partial charge in [-0.3, -0.25) is 9.59 Å². The first-order valence-corrected chi connectivity index (χ1v) is 10.4. The van der Waals surface area contributed by atoms with E-state index < -0.39 is 29.9 Å². The number of nitrogens with one attached hydrogen (secondary N) is 2. The summed E-state index contributed by atoms with van der Waals surface area (Å²) in [6, 6.07) is 3.73. The zero-order valence-corrected chi connectivity index (χ0v) is 18.7. The molecule has 3 rings (SSSR count). The minimum Gasteiger partial charge on any atom is -0.495 e. The van der Waals surface area contributed by atoms with Crippen molar-refractivity contribution in [3.05, 3.63) is 34.5 Å². The zero-order chi connectivity index (χ0) is 23.4. The SMILES string of the molecule is CCOC(=O)C1=C(COC(=O)C2CC(=O)N(c3cc(Cl)ccc3OC)C2)NC(=O)NC1C. The molecule has 10 nitrogen and oxygen atoms in total. The molecular weight excluding hydrogens is 442 g/mol. The quantitative estimate of drug-likeness (QED) is 0.588. The number of rotatable bonds is 7. The van der Waals surface area contributed by atoms with Gasteiger partial charge in [0.2, 0.25) is 5.91 Å². The highest BCUT2D eigenvalue weighted by molar-refractivity contribution is 6.31. The van der Waals surface area contributed by atoms with Crippen LogP contribution in [0.5, 0.6) is 5.75 Å². The van der Waals surface area contributed by atoms with Gasteiger partial charge < -0.3 is 29.7 Å². The fourth-order valence-corrected chi connectivity index (χ4v) is 3.79. The number of anilines is 1. The summed E-state index contributed by atoms with van der Waals surface area (Å²) in [5, 5.41) is 5.48. The molecule has 2 heterocycles. The number of nitrogens with zero attached hydrogens (tertiary/aromatic N) is 1. The molecule has 2 atom stereocenters. The van der Waals surface area contributed by atoms with Crippen molar-refractivity contribution in [2.24, 2.45) is 5.92 Å². The molecule has 2 unspecified atom stereocenters. The second-order valence-electron chi connectivity index (χ2n) is 7.26. The predicted octanol–water partition coefficient (Wildman–Crippen LogP) is 1.76. The summed E-state index contributed by atoms with van der Waals surface area (Å²) in [6.07, 6.45) is -0.0530. The van der Waals surface area contributed by atoms with Crippen molar-refractivity contribution in [1.29, 1.82) is 0 Å². The number of hydrogen-bond donors (Lipinski definition) is 2. The molecule has 1 saturated heterocycles. The van der Waals surface area contributed by atoms with Gasteiger partial charge in [0.05, 0.1) is 42.6 Å². The van der Waals surface area contributed by atoms with Crippen LogP contribution in [0.15, 0.2) is 29.5 Å². The van der Waals surface area contributed by atoms with Gasteiger partial charge in [-0.25, -0.2) is 9.59 Å². The Hall–Kier alpha value is -3.27. The smallest absolute Gasteiger partial charge is 0.338 e. The normalized spacial score (nSPS) is 20.6. The van der Waals surface area contributed by atoms with Crippen molar-refractivity contribution in [1.82, 2.24) is 10.6 Å². The van der Waals surface area contributed by atoms with Crippen LogP contribution in [-0.4, -0.2) is 56.8 Å². The Morgan fingerprint density at radius 3 is 2.69 bits per heavy atom. The van der Waals surface area contributed by atoms with Crippen molar-refractivity contribution in [2.75, 3.05) is 31.8 Å². The van der Waals surface area contributed by atoms with E-state index in [1.165, 1.54) is 12.0 Å². The van der Waals surface area contributed by atoms with E-state index in [0.29, 0.717) is 16.5 Å². The van der Waals surface area contributed by atoms with E-state index in [1.54, 1.807) is 32.0 Å². The Morgan fingerprint density at radius 2 is 2.00 bits per heavy atom. The minimum atomic E-state index is -0.729. The first kappa shape index (κ1) is 23.4. The summed E-state index contributed by atoms with van der Waals surface area (Å²) in [4.78, 5) is 50.7. The van der Waals surface area contributed by atoms with Gasteiger partial charge in [0.15, 0.2) is 0 Å². The largest absolute Gasteiger partial charge is 0.495 e. The molecule has 11 heteroatoms. The van der Waals surface area contributed by atoms with Gasteiger partial charge in [0, 0.05) is 18.0 Å². The molecule has 0 bridgehead atoms. The fraction of sp³-hybridized carbons (Fsp3) is 0.429. The zero-order valence-electron chi connectivity index (χ0n) is 17.9. The molecule has 172 valence electrons. The predicted molar refractivity (Wildman–Crippen MR) is 114 cm³/mol. The summed E-state index contributed by atoms with van der Waals surface area (Å²) < 4.78 is 15.7. The Bertz CT molecular complexity index is 978. The Balaban J connectivity index is 1.72. The third-order valence-corrected chi connectivity index (χ3v) is 5.35. The lowest BCUT2D eigenvalue weighted by atomic mass is 10.0. The molecule has 0 aliphatic carbocycles. The van der Waals surface area contributed by atoms with Gasteiger partial charge in [-0.2, -0.15) is 0 Å². The maximum absolute atomic E-state index is 12.7. The van der Waals surface area contributed by atoms with Gasteiger partial charge in [0.1, 0.15) is 12.4 Å². The van der Waals surface area contributed by atoms with Crippen molar-refractivity contribution in [3.8, 4) is 5.75 Å². The maximum atomic E-state index is 12.7. The molecule has 2 aliphatic heterocycles. The van der Waals surface area contributed by atoms with Crippen LogP contribution in [0.25, 0.3) is 0 Å². The van der Waals surface area contributed by atoms with E-state index in [9.17, 15) is 19.2 Å². The van der Waals surface area contributed by atoms with Gasteiger partial charge in [-0.05, 0) is 32.0 Å². The van der Waals surface area contributed by atoms with Gasteiger partial charge in [0.25, 0.3) is 0 Å². The summed E-state index contributed by atoms with van der Waals surface area (Å²) in [5.41, 5.74) is 0.782. The molecular formula is C21H24ClN3O7. The lowest BCUT2D eigenvalue weighted by Crippen LogP contribution is -2.50. The average Bonchev–Trinajstić information content (AvgIpc) is 3.13. The third-order valence-electron chi connectivity index (χ3n) is 5.11. The Kier molecular flexibility index (Phi) is 7.24. The number of urea groups is 1. The van der Waals surface area contributed by atoms with Crippen LogP contribution in [0, 0.1) is 5.92 Å². The van der Waals surface area contributed by atoms with Crippen LogP contribution in [0.1, 0.15) is 20.3 Å². The third kappa shape index (κ3) is 4.96. The highest BCUT2D eigenvalue weighted by Crippen LogP contribution is 2.35. The number of halogens is 1. The number of carbonyl (C=O) groups is 4. The topological polar surface area (TPSA) is 123 Å². The number of ether oxygens (including phenoxy) is 3. The van der Waals surface area contributed by atoms with Crippen LogP contribution in [0.3, 0.4) is 0 Å². The van der Waals surface area contributed by atoms with Crippen LogP contribution in [0.2, 0.25) is 5.02 Å². The highest BCUT2D eigenvalue weighted by atomic mass is 35.5. The lowest BCUT2D eigenvalue weighted by molar-refractivity contribution is -0.147. The number of carbonyl (C=O) groups excluding carboxylic acids is 4. The second kappa shape index (κ2) is 9.90.